The quantitative estimate of drug-likeness (QED) is 0.633. The van der Waals surface area contributed by atoms with Crippen molar-refractivity contribution in [2.45, 2.75) is 46.7 Å². The zero-order valence-electron chi connectivity index (χ0n) is 14.4. The number of rotatable bonds is 6. The topological polar surface area (TPSA) is 62.5 Å². The predicted octanol–water partition coefficient (Wildman–Crippen LogP) is 3.50. The Morgan fingerprint density at radius 1 is 1.26 bits per heavy atom. The van der Waals surface area contributed by atoms with Crippen LogP contribution in [0.5, 0.6) is 0 Å². The van der Waals surface area contributed by atoms with Crippen molar-refractivity contribution in [3.63, 3.8) is 0 Å². The van der Waals surface area contributed by atoms with Crippen molar-refractivity contribution in [3.05, 3.63) is 41.9 Å². The fourth-order valence-electron chi connectivity index (χ4n) is 2.04. The Bertz CT molecular complexity index is 631. The van der Waals surface area contributed by atoms with E-state index in [1.54, 1.807) is 6.20 Å². The van der Waals surface area contributed by atoms with Crippen LogP contribution in [0.2, 0.25) is 0 Å². The summed E-state index contributed by atoms with van der Waals surface area (Å²) in [6.45, 7) is 9.63. The van der Waals surface area contributed by atoms with Gasteiger partial charge in [0.05, 0.1) is 6.20 Å². The molecule has 0 aliphatic carbocycles. The Balaban J connectivity index is 2.04. The van der Waals surface area contributed by atoms with Gasteiger partial charge in [0.2, 0.25) is 5.89 Å². The molecule has 0 aliphatic heterocycles. The summed E-state index contributed by atoms with van der Waals surface area (Å²) in [6.07, 6.45) is 2.80. The third kappa shape index (κ3) is 5.13. The van der Waals surface area contributed by atoms with E-state index in [-0.39, 0.29) is 0 Å². The molecule has 0 saturated carbocycles. The van der Waals surface area contributed by atoms with E-state index in [9.17, 15) is 0 Å². The van der Waals surface area contributed by atoms with Crippen molar-refractivity contribution in [3.8, 4) is 11.3 Å². The number of guanidine groups is 1. The fraction of sp³-hybridized carbons (Fsp3) is 0.444. The summed E-state index contributed by atoms with van der Waals surface area (Å²) in [5, 5.41) is 6.58. The molecule has 2 rings (SSSR count). The van der Waals surface area contributed by atoms with Gasteiger partial charge in [-0.2, -0.15) is 0 Å². The van der Waals surface area contributed by atoms with Crippen LogP contribution in [-0.4, -0.2) is 23.5 Å². The average Bonchev–Trinajstić information content (AvgIpc) is 3.02. The smallest absolute Gasteiger partial charge is 0.216 e. The summed E-state index contributed by atoms with van der Waals surface area (Å²) in [7, 11) is 0. The summed E-state index contributed by atoms with van der Waals surface area (Å²) in [6, 6.07) is 8.58. The minimum Gasteiger partial charge on any atom is -0.439 e. The van der Waals surface area contributed by atoms with Gasteiger partial charge in [0.15, 0.2) is 11.7 Å². The van der Waals surface area contributed by atoms with E-state index in [1.165, 1.54) is 5.56 Å². The van der Waals surface area contributed by atoms with E-state index in [4.69, 9.17) is 4.42 Å². The number of nitrogens with zero attached hydrogens (tertiary/aromatic N) is 2. The average molecular weight is 314 g/mol. The zero-order chi connectivity index (χ0) is 16.7. The van der Waals surface area contributed by atoms with Crippen molar-refractivity contribution in [1.29, 1.82) is 0 Å². The molecule has 5 heteroatoms. The van der Waals surface area contributed by atoms with Crippen LogP contribution in [0.3, 0.4) is 0 Å². The van der Waals surface area contributed by atoms with Gasteiger partial charge in [-0.05, 0) is 27.2 Å². The highest BCUT2D eigenvalue weighted by atomic mass is 16.4. The van der Waals surface area contributed by atoms with Crippen molar-refractivity contribution in [2.75, 3.05) is 6.54 Å². The molecule has 0 bridgehead atoms. The monoisotopic (exact) mass is 314 g/mol. The number of benzene rings is 1. The normalized spacial score (nSPS) is 13.0. The van der Waals surface area contributed by atoms with Gasteiger partial charge in [0.1, 0.15) is 6.54 Å². The van der Waals surface area contributed by atoms with Gasteiger partial charge in [-0.1, -0.05) is 36.8 Å². The second kappa shape index (κ2) is 8.36. The Morgan fingerprint density at radius 3 is 2.65 bits per heavy atom. The van der Waals surface area contributed by atoms with Crippen LogP contribution in [0.15, 0.2) is 39.9 Å². The molecule has 0 aliphatic rings. The largest absolute Gasteiger partial charge is 0.439 e. The number of hydrogen-bond donors (Lipinski definition) is 2. The fourth-order valence-corrected chi connectivity index (χ4v) is 2.04. The first-order valence-corrected chi connectivity index (χ1v) is 8.19. The van der Waals surface area contributed by atoms with Crippen LogP contribution in [0.25, 0.3) is 11.3 Å². The predicted molar refractivity (Wildman–Crippen MR) is 94.4 cm³/mol. The number of aromatic nitrogens is 1. The van der Waals surface area contributed by atoms with E-state index >= 15 is 0 Å². The molecule has 0 spiro atoms. The summed E-state index contributed by atoms with van der Waals surface area (Å²) in [4.78, 5) is 8.85. The van der Waals surface area contributed by atoms with Gasteiger partial charge in [-0.25, -0.2) is 9.98 Å². The number of aliphatic imine (C=N–C) groups is 1. The van der Waals surface area contributed by atoms with E-state index in [0.717, 1.165) is 30.2 Å². The third-order valence-corrected chi connectivity index (χ3v) is 3.60. The molecule has 0 radical (unpaired) electrons. The number of hydrogen-bond acceptors (Lipinski definition) is 3. The molecule has 23 heavy (non-hydrogen) atoms. The highest BCUT2D eigenvalue weighted by Crippen LogP contribution is 2.20. The summed E-state index contributed by atoms with van der Waals surface area (Å²) >= 11 is 0. The molecule has 1 aromatic carbocycles. The van der Waals surface area contributed by atoms with Gasteiger partial charge in [-0.3, -0.25) is 0 Å². The van der Waals surface area contributed by atoms with Gasteiger partial charge < -0.3 is 15.1 Å². The van der Waals surface area contributed by atoms with Crippen LogP contribution in [0.1, 0.15) is 38.6 Å². The first kappa shape index (κ1) is 17.1. The van der Waals surface area contributed by atoms with E-state index in [0.29, 0.717) is 18.5 Å². The molecule has 1 atom stereocenters. The lowest BCUT2D eigenvalue weighted by Crippen LogP contribution is -2.41. The van der Waals surface area contributed by atoms with Gasteiger partial charge in [0.25, 0.3) is 0 Å². The van der Waals surface area contributed by atoms with Crippen molar-refractivity contribution in [2.24, 2.45) is 4.99 Å². The minimum absolute atomic E-state index is 0.375. The lowest BCUT2D eigenvalue weighted by molar-refractivity contribution is 0.508. The maximum atomic E-state index is 5.80. The Hall–Kier alpha value is -2.30. The number of oxazole rings is 1. The highest BCUT2D eigenvalue weighted by molar-refractivity contribution is 5.79. The summed E-state index contributed by atoms with van der Waals surface area (Å²) in [5.41, 5.74) is 2.26. The molecule has 2 aromatic rings. The Kier molecular flexibility index (Phi) is 6.20. The van der Waals surface area contributed by atoms with Crippen molar-refractivity contribution < 1.29 is 4.42 Å². The molecule has 124 valence electrons. The molecule has 0 saturated heterocycles. The van der Waals surface area contributed by atoms with Crippen molar-refractivity contribution >= 4 is 5.96 Å². The third-order valence-electron chi connectivity index (χ3n) is 3.60. The second-order valence-electron chi connectivity index (χ2n) is 5.63. The molecule has 5 nitrogen and oxygen atoms in total. The molecular weight excluding hydrogens is 288 g/mol. The molecule has 2 N–H and O–H groups in total. The number of aryl methyl sites for hydroxylation is 1. The first-order chi connectivity index (χ1) is 11.1. The van der Waals surface area contributed by atoms with Crippen LogP contribution in [-0.2, 0) is 6.54 Å². The molecule has 1 unspecified atom stereocenters. The summed E-state index contributed by atoms with van der Waals surface area (Å²) in [5.74, 6) is 2.17. The molecular formula is C18H26N4O. The molecule has 1 aromatic heterocycles. The van der Waals surface area contributed by atoms with Crippen LogP contribution < -0.4 is 10.6 Å². The Morgan fingerprint density at radius 2 is 2.00 bits per heavy atom. The van der Waals surface area contributed by atoms with Crippen LogP contribution in [0, 0.1) is 6.92 Å². The van der Waals surface area contributed by atoms with Crippen LogP contribution >= 0.6 is 0 Å². The Labute approximate surface area is 138 Å². The SMILES string of the molecule is CCNC(=NCc1ncc(-c2ccc(C)cc2)o1)NC(C)CC. The molecule has 0 amide bonds. The maximum Gasteiger partial charge on any atom is 0.216 e. The van der Waals surface area contributed by atoms with Gasteiger partial charge in [-0.15, -0.1) is 0 Å². The van der Waals surface area contributed by atoms with Gasteiger partial charge in [0, 0.05) is 18.2 Å². The standard InChI is InChI=1S/C18H26N4O/c1-5-14(4)22-18(19-6-2)21-12-17-20-11-16(23-17)15-9-7-13(3)8-10-15/h7-11,14H,5-6,12H2,1-4H3,(H2,19,21,22). The number of nitrogens with one attached hydrogen (secondary N) is 2. The van der Waals surface area contributed by atoms with Gasteiger partial charge >= 0.3 is 0 Å². The zero-order valence-corrected chi connectivity index (χ0v) is 14.4. The highest BCUT2D eigenvalue weighted by Gasteiger charge is 2.07. The molecule has 1 heterocycles. The maximum absolute atomic E-state index is 5.80. The van der Waals surface area contributed by atoms with E-state index in [1.807, 2.05) is 12.1 Å². The van der Waals surface area contributed by atoms with E-state index in [2.05, 4.69) is 60.4 Å². The first-order valence-electron chi connectivity index (χ1n) is 8.19. The lowest BCUT2D eigenvalue weighted by Gasteiger charge is -2.15. The lowest BCUT2D eigenvalue weighted by atomic mass is 10.1. The van der Waals surface area contributed by atoms with Crippen molar-refractivity contribution in [1.82, 2.24) is 15.6 Å². The van der Waals surface area contributed by atoms with E-state index < -0.39 is 0 Å². The minimum atomic E-state index is 0.375. The second-order valence-corrected chi connectivity index (χ2v) is 5.63. The molecule has 0 fully saturated rings. The van der Waals surface area contributed by atoms with Crippen LogP contribution in [0.4, 0.5) is 0 Å². The summed E-state index contributed by atoms with van der Waals surface area (Å²) < 4.78 is 5.80.